The van der Waals surface area contributed by atoms with Crippen LogP contribution in [-0.2, 0) is 12.8 Å². The maximum atomic E-state index is 4.43. The van der Waals surface area contributed by atoms with Gasteiger partial charge in [0, 0.05) is 35.9 Å². The van der Waals surface area contributed by atoms with Gasteiger partial charge < -0.3 is 0 Å². The van der Waals surface area contributed by atoms with Crippen molar-refractivity contribution in [1.82, 2.24) is 19.9 Å². The van der Waals surface area contributed by atoms with Gasteiger partial charge >= 0.3 is 0 Å². The molecular weight excluding hydrogens is 741 g/mol. The van der Waals surface area contributed by atoms with Crippen molar-refractivity contribution in [2.24, 2.45) is 11.8 Å². The highest BCUT2D eigenvalue weighted by atomic mass is 14.9. The Kier molecular flexibility index (Phi) is 22.2. The molecule has 61 heavy (non-hydrogen) atoms. The molecule has 0 bridgehead atoms. The van der Waals surface area contributed by atoms with Crippen molar-refractivity contribution in [3.8, 4) is 23.7 Å². The van der Waals surface area contributed by atoms with Crippen LogP contribution in [-0.4, -0.2) is 19.9 Å². The third kappa shape index (κ3) is 17.9. The Morgan fingerprint density at radius 2 is 0.738 bits per heavy atom. The van der Waals surface area contributed by atoms with Crippen LogP contribution < -0.4 is 0 Å². The monoisotopic (exact) mass is 819 g/mol. The number of hydrogen-bond acceptors (Lipinski definition) is 4. The molecule has 2 saturated carbocycles. The van der Waals surface area contributed by atoms with E-state index in [2.05, 4.69) is 120 Å². The van der Waals surface area contributed by atoms with Crippen molar-refractivity contribution >= 4 is 0 Å². The molecule has 0 radical (unpaired) electrons. The van der Waals surface area contributed by atoms with Crippen molar-refractivity contribution in [3.63, 3.8) is 0 Å². The van der Waals surface area contributed by atoms with Gasteiger partial charge in [0.25, 0.3) is 0 Å². The van der Waals surface area contributed by atoms with E-state index < -0.39 is 0 Å². The van der Waals surface area contributed by atoms with Gasteiger partial charge in [-0.3, -0.25) is 0 Å². The van der Waals surface area contributed by atoms with Gasteiger partial charge in [0.05, 0.1) is 0 Å². The van der Waals surface area contributed by atoms with E-state index in [-0.39, 0.29) is 0 Å². The zero-order valence-electron chi connectivity index (χ0n) is 38.7. The molecule has 4 aromatic rings. The first-order chi connectivity index (χ1) is 30.1. The summed E-state index contributed by atoms with van der Waals surface area (Å²) in [5.41, 5.74) is 7.48. The quantitative estimate of drug-likeness (QED) is 0.0698. The zero-order valence-corrected chi connectivity index (χ0v) is 38.7. The molecule has 0 aliphatic heterocycles. The predicted octanol–water partition coefficient (Wildman–Crippen LogP) is 15.3. The summed E-state index contributed by atoms with van der Waals surface area (Å²) in [6, 6.07) is 17.8. The minimum absolute atomic E-state index is 0.611. The van der Waals surface area contributed by atoms with Crippen molar-refractivity contribution in [3.05, 3.63) is 118 Å². The van der Waals surface area contributed by atoms with E-state index >= 15 is 0 Å². The zero-order chi connectivity index (χ0) is 42.7. The molecule has 0 atom stereocenters. The number of rotatable bonds is 19. The SMILES string of the molecule is CCCCCCc1cnc(C#Cc2ccc(C3CCC(CCCCC)CC3)cc2)nc1.CCCCCc1cnc(C#Cc2ccc(C3CCC(CCCCC)CC3)cc2)nc1. The first kappa shape index (κ1) is 47.8. The molecule has 0 spiro atoms. The van der Waals surface area contributed by atoms with Gasteiger partial charge in [0.1, 0.15) is 0 Å². The molecule has 4 nitrogen and oxygen atoms in total. The standard InChI is InChI=1S/C29H40N2.C28H38N2/c1-3-5-7-9-11-26-22-30-29(31-23-26)21-16-25-14-19-28(20-15-25)27-17-12-24(13-18-27)10-8-6-4-2;1-3-5-7-9-23-11-16-26(17-12-23)27-18-13-24(14-19-27)15-20-28-29-21-25(22-30-28)10-8-6-4-2/h14-15,19-20,22-24,27H,3-13,17-18H2,1-2H3;13-14,18-19,21-23,26H,3-12,16-17H2,1-2H3. The van der Waals surface area contributed by atoms with Crippen LogP contribution in [0.3, 0.4) is 0 Å². The maximum absolute atomic E-state index is 4.43. The highest BCUT2D eigenvalue weighted by Gasteiger charge is 2.23. The van der Waals surface area contributed by atoms with Crippen molar-refractivity contribution in [2.75, 3.05) is 0 Å². The van der Waals surface area contributed by atoms with E-state index in [0.29, 0.717) is 11.6 Å². The summed E-state index contributed by atoms with van der Waals surface area (Å²) >= 11 is 0. The Morgan fingerprint density at radius 1 is 0.393 bits per heavy atom. The number of aromatic nitrogens is 4. The molecule has 0 amide bonds. The summed E-state index contributed by atoms with van der Waals surface area (Å²) in [6.45, 7) is 9.06. The summed E-state index contributed by atoms with van der Waals surface area (Å²) in [6.07, 6.45) is 40.8. The fraction of sp³-hybridized carbons (Fsp3) is 0.579. The van der Waals surface area contributed by atoms with Crippen molar-refractivity contribution in [2.45, 2.75) is 200 Å². The fourth-order valence-electron chi connectivity index (χ4n) is 9.30. The molecule has 326 valence electrons. The van der Waals surface area contributed by atoms with Gasteiger partial charge in [0.2, 0.25) is 11.6 Å². The Morgan fingerprint density at radius 3 is 1.11 bits per heavy atom. The minimum Gasteiger partial charge on any atom is -0.229 e. The average molecular weight is 819 g/mol. The summed E-state index contributed by atoms with van der Waals surface area (Å²) in [5, 5.41) is 0. The Labute approximate surface area is 372 Å². The van der Waals surface area contributed by atoms with Crippen LogP contribution in [0.4, 0.5) is 0 Å². The second kappa shape index (κ2) is 28.3. The highest BCUT2D eigenvalue weighted by Crippen LogP contribution is 2.39. The van der Waals surface area contributed by atoms with Gasteiger partial charge in [-0.25, -0.2) is 19.9 Å². The largest absolute Gasteiger partial charge is 0.229 e. The second-order valence-electron chi connectivity index (χ2n) is 18.3. The third-order valence-electron chi connectivity index (χ3n) is 13.3. The van der Waals surface area contributed by atoms with Gasteiger partial charge in [-0.2, -0.15) is 0 Å². The van der Waals surface area contributed by atoms with E-state index in [0.717, 1.165) is 47.6 Å². The summed E-state index contributed by atoms with van der Waals surface area (Å²) < 4.78 is 0. The molecule has 2 aliphatic carbocycles. The smallest absolute Gasteiger partial charge is 0.205 e. The fourth-order valence-corrected chi connectivity index (χ4v) is 9.30. The van der Waals surface area contributed by atoms with Crippen LogP contribution in [0.1, 0.15) is 232 Å². The summed E-state index contributed by atoms with van der Waals surface area (Å²) in [5.74, 6) is 17.3. The normalized spacial score (nSPS) is 18.5. The van der Waals surface area contributed by atoms with E-state index in [1.165, 1.54) is 170 Å². The first-order valence-electron chi connectivity index (χ1n) is 24.9. The van der Waals surface area contributed by atoms with E-state index in [9.17, 15) is 0 Å². The molecule has 2 aromatic heterocycles. The van der Waals surface area contributed by atoms with Crippen molar-refractivity contribution in [1.29, 1.82) is 0 Å². The molecule has 0 saturated heterocycles. The Bertz CT molecular complexity index is 1870. The number of aryl methyl sites for hydroxylation is 2. The molecule has 2 aliphatic rings. The summed E-state index contributed by atoms with van der Waals surface area (Å²) in [4.78, 5) is 17.7. The molecule has 4 heteroatoms. The Hall–Kier alpha value is -4.28. The van der Waals surface area contributed by atoms with Crippen LogP contribution in [0.25, 0.3) is 0 Å². The Balaban J connectivity index is 0.000000231. The van der Waals surface area contributed by atoms with E-state index in [1.54, 1.807) is 0 Å². The molecule has 0 unspecified atom stereocenters. The minimum atomic E-state index is 0.611. The van der Waals surface area contributed by atoms with E-state index in [1.807, 2.05) is 24.8 Å². The molecule has 2 aromatic carbocycles. The molecule has 2 fully saturated rings. The van der Waals surface area contributed by atoms with E-state index in [4.69, 9.17) is 0 Å². The average Bonchev–Trinajstić information content (AvgIpc) is 3.31. The van der Waals surface area contributed by atoms with Gasteiger partial charge in [-0.1, -0.05) is 147 Å². The van der Waals surface area contributed by atoms with Crippen LogP contribution >= 0.6 is 0 Å². The number of unbranched alkanes of at least 4 members (excludes halogenated alkanes) is 9. The molecule has 0 N–H and O–H groups in total. The lowest BCUT2D eigenvalue weighted by molar-refractivity contribution is 0.303. The van der Waals surface area contributed by atoms with Crippen LogP contribution in [0, 0.1) is 35.5 Å². The number of hydrogen-bond donors (Lipinski definition) is 0. The van der Waals surface area contributed by atoms with Crippen LogP contribution in [0.2, 0.25) is 0 Å². The number of benzene rings is 2. The predicted molar refractivity (Wildman–Crippen MR) is 258 cm³/mol. The molecule has 2 heterocycles. The first-order valence-corrected chi connectivity index (χ1v) is 24.9. The summed E-state index contributed by atoms with van der Waals surface area (Å²) in [7, 11) is 0. The topological polar surface area (TPSA) is 51.6 Å². The van der Waals surface area contributed by atoms with Crippen molar-refractivity contribution < 1.29 is 0 Å². The molecule has 6 rings (SSSR count). The molecular formula is C57H78N4. The van der Waals surface area contributed by atoms with Crippen LogP contribution in [0.15, 0.2) is 73.3 Å². The second-order valence-corrected chi connectivity index (χ2v) is 18.3. The lowest BCUT2D eigenvalue weighted by atomic mass is 9.77. The van der Waals surface area contributed by atoms with Gasteiger partial charge in [0.15, 0.2) is 0 Å². The van der Waals surface area contributed by atoms with Gasteiger partial charge in [-0.15, -0.1) is 0 Å². The maximum Gasteiger partial charge on any atom is 0.205 e. The lowest BCUT2D eigenvalue weighted by Crippen LogP contribution is -2.13. The number of nitrogens with zero attached hydrogens (tertiary/aromatic N) is 4. The van der Waals surface area contributed by atoms with Gasteiger partial charge in [-0.05, 0) is 159 Å². The third-order valence-corrected chi connectivity index (χ3v) is 13.3. The highest BCUT2D eigenvalue weighted by molar-refractivity contribution is 5.41. The van der Waals surface area contributed by atoms with Crippen LogP contribution in [0.5, 0.6) is 0 Å². The lowest BCUT2D eigenvalue weighted by Gasteiger charge is -2.29.